The van der Waals surface area contributed by atoms with Crippen molar-refractivity contribution < 1.29 is 0 Å². The van der Waals surface area contributed by atoms with Crippen molar-refractivity contribution in [3.8, 4) is 6.07 Å². The van der Waals surface area contributed by atoms with Gasteiger partial charge in [-0.15, -0.1) is 0 Å². The van der Waals surface area contributed by atoms with Gasteiger partial charge in [-0.05, 0) is 12.1 Å². The van der Waals surface area contributed by atoms with Crippen LogP contribution in [0.25, 0.3) is 0 Å². The fourth-order valence-corrected chi connectivity index (χ4v) is 3.47. The molecule has 0 amide bonds. The SMILES string of the molecule is C[C@H]1CN=C(N2CCN(c3ncccc3C#N)CC2)S1. The molecule has 3 heterocycles. The molecule has 0 bridgehead atoms. The largest absolute Gasteiger partial charge is 0.352 e. The van der Waals surface area contributed by atoms with Gasteiger partial charge in [0.15, 0.2) is 5.17 Å². The van der Waals surface area contributed by atoms with E-state index in [0.29, 0.717) is 10.8 Å². The molecule has 3 rings (SSSR count). The van der Waals surface area contributed by atoms with Gasteiger partial charge in [-0.2, -0.15) is 5.26 Å². The van der Waals surface area contributed by atoms with Crippen LogP contribution in [0.15, 0.2) is 23.3 Å². The average Bonchev–Trinajstić information content (AvgIpc) is 2.94. The third kappa shape index (κ3) is 2.59. The van der Waals surface area contributed by atoms with Crippen LogP contribution in [-0.4, -0.2) is 53.0 Å². The fourth-order valence-electron chi connectivity index (χ4n) is 2.48. The number of nitriles is 1. The van der Waals surface area contributed by atoms with Crippen LogP contribution in [0.3, 0.4) is 0 Å². The highest BCUT2D eigenvalue weighted by Gasteiger charge is 2.25. The summed E-state index contributed by atoms with van der Waals surface area (Å²) >= 11 is 1.87. The van der Waals surface area contributed by atoms with Crippen molar-refractivity contribution in [2.24, 2.45) is 4.99 Å². The number of pyridine rings is 1. The summed E-state index contributed by atoms with van der Waals surface area (Å²) < 4.78 is 0. The highest BCUT2D eigenvalue weighted by atomic mass is 32.2. The summed E-state index contributed by atoms with van der Waals surface area (Å²) in [6.07, 6.45) is 1.75. The Labute approximate surface area is 123 Å². The molecule has 1 fully saturated rings. The van der Waals surface area contributed by atoms with Gasteiger partial charge >= 0.3 is 0 Å². The first-order valence-electron chi connectivity index (χ1n) is 6.84. The molecule has 1 atom stereocenters. The van der Waals surface area contributed by atoms with E-state index < -0.39 is 0 Å². The van der Waals surface area contributed by atoms with Gasteiger partial charge in [-0.1, -0.05) is 18.7 Å². The molecule has 1 aromatic rings. The Hall–Kier alpha value is -1.74. The van der Waals surface area contributed by atoms with Gasteiger partial charge in [0.05, 0.1) is 12.1 Å². The molecule has 0 unspecified atom stereocenters. The Kier molecular flexibility index (Phi) is 3.79. The number of rotatable bonds is 1. The Morgan fingerprint density at radius 2 is 2.05 bits per heavy atom. The monoisotopic (exact) mass is 287 g/mol. The molecule has 0 aromatic carbocycles. The van der Waals surface area contributed by atoms with Gasteiger partial charge in [0.1, 0.15) is 11.9 Å². The lowest BCUT2D eigenvalue weighted by atomic mass is 10.2. The zero-order chi connectivity index (χ0) is 13.9. The summed E-state index contributed by atoms with van der Waals surface area (Å²) in [5.74, 6) is 0.809. The Morgan fingerprint density at radius 3 is 2.70 bits per heavy atom. The molecule has 6 heteroatoms. The minimum absolute atomic E-state index is 0.601. The number of thioether (sulfide) groups is 1. The van der Waals surface area contributed by atoms with Crippen LogP contribution in [-0.2, 0) is 0 Å². The zero-order valence-corrected chi connectivity index (χ0v) is 12.3. The van der Waals surface area contributed by atoms with Crippen LogP contribution in [0.5, 0.6) is 0 Å². The first-order chi connectivity index (χ1) is 9.78. The van der Waals surface area contributed by atoms with Gasteiger partial charge < -0.3 is 9.80 Å². The van der Waals surface area contributed by atoms with E-state index in [1.54, 1.807) is 6.20 Å². The number of amidine groups is 1. The van der Waals surface area contributed by atoms with Gasteiger partial charge in [-0.3, -0.25) is 4.99 Å². The van der Waals surface area contributed by atoms with Gasteiger partial charge in [0.25, 0.3) is 0 Å². The molecule has 5 nitrogen and oxygen atoms in total. The van der Waals surface area contributed by atoms with Crippen LogP contribution < -0.4 is 4.90 Å². The van der Waals surface area contributed by atoms with E-state index in [1.165, 1.54) is 5.17 Å². The second-order valence-electron chi connectivity index (χ2n) is 5.01. The maximum atomic E-state index is 9.15. The maximum Gasteiger partial charge on any atom is 0.159 e. The zero-order valence-electron chi connectivity index (χ0n) is 11.5. The number of aromatic nitrogens is 1. The molecule has 1 aromatic heterocycles. The number of hydrogen-bond acceptors (Lipinski definition) is 6. The Morgan fingerprint density at radius 1 is 1.30 bits per heavy atom. The van der Waals surface area contributed by atoms with Crippen LogP contribution >= 0.6 is 11.8 Å². The lowest BCUT2D eigenvalue weighted by Gasteiger charge is -2.36. The van der Waals surface area contributed by atoms with Crippen molar-refractivity contribution in [3.63, 3.8) is 0 Å². The molecule has 0 spiro atoms. The van der Waals surface area contributed by atoms with E-state index in [9.17, 15) is 0 Å². The predicted octanol–water partition coefficient (Wildman–Crippen LogP) is 1.57. The van der Waals surface area contributed by atoms with Crippen LogP contribution in [0.2, 0.25) is 0 Å². The van der Waals surface area contributed by atoms with E-state index in [4.69, 9.17) is 5.26 Å². The van der Waals surface area contributed by atoms with Crippen LogP contribution in [0.1, 0.15) is 12.5 Å². The summed E-state index contributed by atoms with van der Waals surface area (Å²) in [6.45, 7) is 6.81. The van der Waals surface area contributed by atoms with Crippen LogP contribution in [0, 0.1) is 11.3 Å². The molecular weight excluding hydrogens is 270 g/mol. The Balaban J connectivity index is 1.66. The van der Waals surface area contributed by atoms with E-state index in [-0.39, 0.29) is 0 Å². The number of nitrogens with zero attached hydrogens (tertiary/aromatic N) is 5. The molecule has 0 aliphatic carbocycles. The van der Waals surface area contributed by atoms with E-state index in [1.807, 2.05) is 23.9 Å². The number of hydrogen-bond donors (Lipinski definition) is 0. The average molecular weight is 287 g/mol. The standard InChI is InChI=1S/C14H17N5S/c1-11-10-17-14(20-11)19-7-5-18(6-8-19)13-12(9-15)3-2-4-16-13/h2-4,11H,5-8,10H2,1H3/t11-/m0/s1. The molecule has 0 N–H and O–H groups in total. The van der Waals surface area contributed by atoms with Gasteiger partial charge in [0.2, 0.25) is 0 Å². The van der Waals surface area contributed by atoms with Crippen molar-refractivity contribution in [3.05, 3.63) is 23.9 Å². The third-order valence-electron chi connectivity index (χ3n) is 3.55. The molecule has 2 aliphatic rings. The summed E-state index contributed by atoms with van der Waals surface area (Å²) in [5.41, 5.74) is 0.655. The van der Waals surface area contributed by atoms with Crippen molar-refractivity contribution in [2.75, 3.05) is 37.6 Å². The topological polar surface area (TPSA) is 55.5 Å². The van der Waals surface area contributed by atoms with Crippen molar-refractivity contribution in [1.29, 1.82) is 5.26 Å². The normalized spacial score (nSPS) is 22.6. The van der Waals surface area contributed by atoms with Crippen molar-refractivity contribution in [2.45, 2.75) is 12.2 Å². The van der Waals surface area contributed by atoms with Gasteiger partial charge in [-0.25, -0.2) is 4.98 Å². The molecule has 1 saturated heterocycles. The molecule has 20 heavy (non-hydrogen) atoms. The molecule has 0 radical (unpaired) electrons. The first-order valence-corrected chi connectivity index (χ1v) is 7.72. The third-order valence-corrected chi connectivity index (χ3v) is 4.70. The Bertz CT molecular complexity index is 557. The quantitative estimate of drug-likeness (QED) is 0.784. The minimum Gasteiger partial charge on any atom is -0.352 e. The lowest BCUT2D eigenvalue weighted by Crippen LogP contribution is -2.48. The predicted molar refractivity (Wildman–Crippen MR) is 82.1 cm³/mol. The van der Waals surface area contributed by atoms with E-state index in [0.717, 1.165) is 38.5 Å². The maximum absolute atomic E-state index is 9.15. The number of aliphatic imine (C=N–C) groups is 1. The highest BCUT2D eigenvalue weighted by molar-refractivity contribution is 8.14. The van der Waals surface area contributed by atoms with E-state index >= 15 is 0 Å². The van der Waals surface area contributed by atoms with Gasteiger partial charge in [0, 0.05) is 37.6 Å². The number of piperazine rings is 1. The smallest absolute Gasteiger partial charge is 0.159 e. The summed E-state index contributed by atoms with van der Waals surface area (Å²) in [5, 5.41) is 10.9. The molecule has 104 valence electrons. The van der Waals surface area contributed by atoms with E-state index in [2.05, 4.69) is 32.8 Å². The molecular formula is C14H17N5S. The minimum atomic E-state index is 0.601. The van der Waals surface area contributed by atoms with Crippen LogP contribution in [0.4, 0.5) is 5.82 Å². The molecule has 2 aliphatic heterocycles. The first kappa shape index (κ1) is 13.3. The summed E-state index contributed by atoms with van der Waals surface area (Å²) in [7, 11) is 0. The summed E-state index contributed by atoms with van der Waals surface area (Å²) in [6, 6.07) is 5.86. The fraction of sp³-hybridized carbons (Fsp3) is 0.500. The molecule has 0 saturated carbocycles. The van der Waals surface area contributed by atoms with Crippen molar-refractivity contribution in [1.82, 2.24) is 9.88 Å². The summed E-state index contributed by atoms with van der Waals surface area (Å²) in [4.78, 5) is 13.5. The lowest BCUT2D eigenvalue weighted by molar-refractivity contribution is 0.391. The second-order valence-corrected chi connectivity index (χ2v) is 6.42. The number of anilines is 1. The van der Waals surface area contributed by atoms with Crippen molar-refractivity contribution >= 4 is 22.7 Å². The highest BCUT2D eigenvalue weighted by Crippen LogP contribution is 2.25. The second kappa shape index (κ2) is 5.71.